The van der Waals surface area contributed by atoms with Crippen molar-refractivity contribution < 1.29 is 4.79 Å². The van der Waals surface area contributed by atoms with Gasteiger partial charge >= 0.3 is 0 Å². The molecule has 5 heteroatoms. The summed E-state index contributed by atoms with van der Waals surface area (Å²) in [5, 5.41) is 6.56. The van der Waals surface area contributed by atoms with Crippen LogP contribution in [0.15, 0.2) is 48.5 Å². The van der Waals surface area contributed by atoms with E-state index in [1.807, 2.05) is 43.3 Å². The van der Waals surface area contributed by atoms with E-state index in [0.717, 1.165) is 23.4 Å². The minimum Gasteiger partial charge on any atom is -0.343 e. The molecule has 0 aliphatic rings. The van der Waals surface area contributed by atoms with E-state index in [2.05, 4.69) is 29.7 Å². The third-order valence-electron chi connectivity index (χ3n) is 3.65. The number of nitrogens with zero attached hydrogens (tertiary/aromatic N) is 1. The standard InChI is InChI=1S/C19H23N3OS/c1-4-15-6-5-7-17(12-15)21-19(24)22(3)13-18(23)20-16-10-8-14(2)9-11-16/h5-12H,4,13H2,1-3H3,(H,20,23)(H,21,24). The highest BCUT2D eigenvalue weighted by Gasteiger charge is 2.10. The maximum atomic E-state index is 12.1. The molecule has 0 saturated carbocycles. The first-order valence-electron chi connectivity index (χ1n) is 7.95. The summed E-state index contributed by atoms with van der Waals surface area (Å²) in [6, 6.07) is 15.8. The molecule has 126 valence electrons. The van der Waals surface area contributed by atoms with Crippen molar-refractivity contribution in [3.05, 3.63) is 59.7 Å². The van der Waals surface area contributed by atoms with Gasteiger partial charge in [0.25, 0.3) is 0 Å². The van der Waals surface area contributed by atoms with Crippen LogP contribution in [-0.2, 0) is 11.2 Å². The Balaban J connectivity index is 1.88. The van der Waals surface area contributed by atoms with E-state index in [4.69, 9.17) is 12.2 Å². The number of hydrogen-bond donors (Lipinski definition) is 2. The number of amides is 1. The van der Waals surface area contributed by atoms with E-state index in [-0.39, 0.29) is 12.5 Å². The monoisotopic (exact) mass is 341 g/mol. The third kappa shape index (κ3) is 5.35. The van der Waals surface area contributed by atoms with Gasteiger partial charge in [0, 0.05) is 18.4 Å². The molecule has 0 unspecified atom stereocenters. The highest BCUT2D eigenvalue weighted by Crippen LogP contribution is 2.12. The average Bonchev–Trinajstić information content (AvgIpc) is 2.57. The SMILES string of the molecule is CCc1cccc(NC(=S)N(C)CC(=O)Nc2ccc(C)cc2)c1. The first-order chi connectivity index (χ1) is 11.5. The summed E-state index contributed by atoms with van der Waals surface area (Å²) in [6.07, 6.45) is 0.969. The van der Waals surface area contributed by atoms with Gasteiger partial charge in [0.05, 0.1) is 6.54 Å². The molecule has 0 heterocycles. The smallest absolute Gasteiger partial charge is 0.243 e. The molecule has 0 aliphatic heterocycles. The molecule has 2 rings (SSSR count). The Morgan fingerprint density at radius 1 is 1.08 bits per heavy atom. The topological polar surface area (TPSA) is 44.4 Å². The fourth-order valence-electron chi connectivity index (χ4n) is 2.21. The van der Waals surface area contributed by atoms with Gasteiger partial charge in [-0.25, -0.2) is 0 Å². The molecule has 0 aromatic heterocycles. The van der Waals surface area contributed by atoms with Gasteiger partial charge in [-0.3, -0.25) is 4.79 Å². The summed E-state index contributed by atoms with van der Waals surface area (Å²) in [6.45, 7) is 4.31. The van der Waals surface area contributed by atoms with Crippen LogP contribution in [0, 0.1) is 6.92 Å². The predicted octanol–water partition coefficient (Wildman–Crippen LogP) is 3.82. The van der Waals surface area contributed by atoms with E-state index in [0.29, 0.717) is 5.11 Å². The fourth-order valence-corrected chi connectivity index (χ4v) is 2.39. The van der Waals surface area contributed by atoms with Gasteiger partial charge in [-0.15, -0.1) is 0 Å². The van der Waals surface area contributed by atoms with Crippen molar-refractivity contribution in [3.63, 3.8) is 0 Å². The highest BCUT2D eigenvalue weighted by molar-refractivity contribution is 7.80. The molecule has 0 atom stereocenters. The third-order valence-corrected chi connectivity index (χ3v) is 4.06. The normalized spacial score (nSPS) is 10.1. The number of hydrogen-bond acceptors (Lipinski definition) is 2. The summed E-state index contributed by atoms with van der Waals surface area (Å²) >= 11 is 5.37. The quantitative estimate of drug-likeness (QED) is 0.812. The van der Waals surface area contributed by atoms with Crippen LogP contribution in [0.25, 0.3) is 0 Å². The Hall–Kier alpha value is -2.40. The summed E-state index contributed by atoms with van der Waals surface area (Å²) in [4.78, 5) is 13.8. The number of carbonyl (C=O) groups excluding carboxylic acids is 1. The molecule has 2 N–H and O–H groups in total. The predicted molar refractivity (Wildman–Crippen MR) is 104 cm³/mol. The van der Waals surface area contributed by atoms with Crippen LogP contribution >= 0.6 is 12.2 Å². The second kappa shape index (κ2) is 8.45. The summed E-state index contributed by atoms with van der Waals surface area (Å²) < 4.78 is 0. The first-order valence-corrected chi connectivity index (χ1v) is 8.36. The Morgan fingerprint density at radius 2 is 1.79 bits per heavy atom. The maximum Gasteiger partial charge on any atom is 0.243 e. The van der Waals surface area contributed by atoms with E-state index in [1.165, 1.54) is 5.56 Å². The van der Waals surface area contributed by atoms with E-state index < -0.39 is 0 Å². The number of nitrogens with one attached hydrogen (secondary N) is 2. The first kappa shape index (κ1) is 17.9. The van der Waals surface area contributed by atoms with Gasteiger partial charge in [-0.2, -0.15) is 0 Å². The van der Waals surface area contributed by atoms with Crippen molar-refractivity contribution in [2.45, 2.75) is 20.3 Å². The van der Waals surface area contributed by atoms with Crippen LogP contribution in [0.3, 0.4) is 0 Å². The molecule has 4 nitrogen and oxygen atoms in total. The summed E-state index contributed by atoms with van der Waals surface area (Å²) in [5.74, 6) is -0.104. The van der Waals surface area contributed by atoms with Gasteiger partial charge < -0.3 is 15.5 Å². The molecule has 2 aromatic carbocycles. The summed E-state index contributed by atoms with van der Waals surface area (Å²) in [7, 11) is 1.80. The number of rotatable bonds is 5. The van der Waals surface area contributed by atoms with Crippen molar-refractivity contribution in [1.29, 1.82) is 0 Å². The number of likely N-dealkylation sites (N-methyl/N-ethyl adjacent to an activating group) is 1. The zero-order valence-corrected chi connectivity index (χ0v) is 15.1. The van der Waals surface area contributed by atoms with E-state index in [9.17, 15) is 4.79 Å². The van der Waals surface area contributed by atoms with Crippen molar-refractivity contribution in [3.8, 4) is 0 Å². The lowest BCUT2D eigenvalue weighted by Gasteiger charge is -2.21. The number of anilines is 2. The van der Waals surface area contributed by atoms with E-state index in [1.54, 1.807) is 11.9 Å². The lowest BCUT2D eigenvalue weighted by molar-refractivity contribution is -0.116. The largest absolute Gasteiger partial charge is 0.343 e. The maximum absolute atomic E-state index is 12.1. The zero-order chi connectivity index (χ0) is 17.5. The Morgan fingerprint density at radius 3 is 2.46 bits per heavy atom. The average molecular weight is 341 g/mol. The van der Waals surface area contributed by atoms with Crippen LogP contribution in [-0.4, -0.2) is 29.5 Å². The fraction of sp³-hybridized carbons (Fsp3) is 0.263. The molecule has 0 aliphatic carbocycles. The second-order valence-corrected chi connectivity index (χ2v) is 6.14. The molecule has 0 fully saturated rings. The number of carbonyl (C=O) groups is 1. The Kier molecular flexibility index (Phi) is 6.32. The van der Waals surface area contributed by atoms with Gasteiger partial charge in [0.1, 0.15) is 0 Å². The zero-order valence-electron chi connectivity index (χ0n) is 14.3. The Bertz CT molecular complexity index is 713. The second-order valence-electron chi connectivity index (χ2n) is 5.75. The number of benzene rings is 2. The van der Waals surface area contributed by atoms with Crippen LogP contribution in [0.1, 0.15) is 18.1 Å². The van der Waals surface area contributed by atoms with Crippen molar-refractivity contribution >= 4 is 34.6 Å². The molecule has 2 aromatic rings. The molecule has 0 radical (unpaired) electrons. The minimum atomic E-state index is -0.104. The number of thiocarbonyl (C=S) groups is 1. The van der Waals surface area contributed by atoms with Crippen LogP contribution in [0.5, 0.6) is 0 Å². The molecule has 1 amide bonds. The molecule has 0 spiro atoms. The van der Waals surface area contributed by atoms with Gasteiger partial charge in [0.2, 0.25) is 5.91 Å². The Labute approximate surface area is 148 Å². The van der Waals surface area contributed by atoms with Crippen LogP contribution in [0.2, 0.25) is 0 Å². The lowest BCUT2D eigenvalue weighted by Crippen LogP contribution is -2.37. The van der Waals surface area contributed by atoms with Crippen molar-refractivity contribution in [2.75, 3.05) is 24.2 Å². The van der Waals surface area contributed by atoms with Crippen LogP contribution < -0.4 is 10.6 Å². The van der Waals surface area contributed by atoms with Crippen molar-refractivity contribution in [2.24, 2.45) is 0 Å². The molecule has 0 bridgehead atoms. The van der Waals surface area contributed by atoms with Crippen molar-refractivity contribution in [1.82, 2.24) is 4.90 Å². The van der Waals surface area contributed by atoms with Gasteiger partial charge in [-0.05, 0) is 55.4 Å². The molecular weight excluding hydrogens is 318 g/mol. The van der Waals surface area contributed by atoms with Crippen LogP contribution in [0.4, 0.5) is 11.4 Å². The summed E-state index contributed by atoms with van der Waals surface area (Å²) in [5.41, 5.74) is 4.12. The molecule has 24 heavy (non-hydrogen) atoms. The van der Waals surface area contributed by atoms with Gasteiger partial charge in [-0.1, -0.05) is 36.8 Å². The van der Waals surface area contributed by atoms with Gasteiger partial charge in [0.15, 0.2) is 5.11 Å². The van der Waals surface area contributed by atoms with E-state index >= 15 is 0 Å². The minimum absolute atomic E-state index is 0.104. The lowest BCUT2D eigenvalue weighted by atomic mass is 10.1. The molecular formula is C19H23N3OS. The molecule has 0 saturated heterocycles. The highest BCUT2D eigenvalue weighted by atomic mass is 32.1. The number of aryl methyl sites for hydroxylation is 2.